The van der Waals surface area contributed by atoms with E-state index in [1.165, 1.54) is 12.7 Å². The minimum atomic E-state index is 0.123. The number of phenolic OH excluding ortho intramolecular Hbond substituents is 2. The summed E-state index contributed by atoms with van der Waals surface area (Å²) in [5.41, 5.74) is 4.07. The fourth-order valence-corrected chi connectivity index (χ4v) is 4.30. The van der Waals surface area contributed by atoms with Gasteiger partial charge < -0.3 is 19.7 Å². The molecule has 2 heterocycles. The van der Waals surface area contributed by atoms with Gasteiger partial charge in [0.1, 0.15) is 0 Å². The highest BCUT2D eigenvalue weighted by atomic mass is 35.5. The highest BCUT2D eigenvalue weighted by Crippen LogP contribution is 2.47. The molecule has 0 saturated carbocycles. The SMILES string of the molecule is COc1cc2c(cc1O)[C@@H]1Cc3c(Cl)cc(OC)c(O)c3CN1CC2. The predicted molar refractivity (Wildman–Crippen MR) is 94.9 cm³/mol. The van der Waals surface area contributed by atoms with Crippen molar-refractivity contribution < 1.29 is 19.7 Å². The number of nitrogens with zero attached hydrogens (tertiary/aromatic N) is 1. The number of hydrogen-bond donors (Lipinski definition) is 2. The summed E-state index contributed by atoms with van der Waals surface area (Å²) in [5.74, 6) is 1.23. The van der Waals surface area contributed by atoms with E-state index < -0.39 is 0 Å². The molecular weight excluding hydrogens is 342 g/mol. The first-order valence-corrected chi connectivity index (χ1v) is 8.62. The molecule has 0 radical (unpaired) electrons. The van der Waals surface area contributed by atoms with Gasteiger partial charge in [-0.1, -0.05) is 11.6 Å². The molecule has 2 N–H and O–H groups in total. The van der Waals surface area contributed by atoms with Crippen molar-refractivity contribution in [3.05, 3.63) is 45.5 Å². The van der Waals surface area contributed by atoms with Gasteiger partial charge in [-0.3, -0.25) is 4.90 Å². The van der Waals surface area contributed by atoms with Gasteiger partial charge in [-0.2, -0.15) is 0 Å². The smallest absolute Gasteiger partial charge is 0.162 e. The Labute approximate surface area is 151 Å². The molecule has 2 aromatic carbocycles. The summed E-state index contributed by atoms with van der Waals surface area (Å²) in [7, 11) is 3.08. The Kier molecular flexibility index (Phi) is 3.93. The summed E-state index contributed by atoms with van der Waals surface area (Å²) in [5, 5.41) is 21.3. The lowest BCUT2D eigenvalue weighted by Crippen LogP contribution is -2.39. The molecule has 132 valence electrons. The lowest BCUT2D eigenvalue weighted by Gasteiger charge is -2.42. The van der Waals surface area contributed by atoms with Crippen LogP contribution in [0.4, 0.5) is 0 Å². The highest BCUT2D eigenvalue weighted by Gasteiger charge is 2.35. The number of hydrogen-bond acceptors (Lipinski definition) is 5. The molecule has 2 aliphatic rings. The molecule has 0 saturated heterocycles. The van der Waals surface area contributed by atoms with Crippen molar-refractivity contribution >= 4 is 11.6 Å². The Bertz CT molecular complexity index is 852. The number of methoxy groups -OCH3 is 2. The number of fused-ring (bicyclic) bond motifs is 4. The summed E-state index contributed by atoms with van der Waals surface area (Å²) >= 11 is 6.46. The van der Waals surface area contributed by atoms with Crippen molar-refractivity contribution in [2.24, 2.45) is 0 Å². The molecule has 6 heteroatoms. The standard InChI is InChI=1S/C19H20ClNO4/c1-24-17-5-10-3-4-21-9-13-12(6-15(21)11(10)7-16(17)22)14(20)8-18(25-2)19(13)23/h5,7-8,15,22-23H,3-4,6,9H2,1-2H3/t15-/m0/s1. The topological polar surface area (TPSA) is 62.2 Å². The molecule has 25 heavy (non-hydrogen) atoms. The van der Waals surface area contributed by atoms with Crippen molar-refractivity contribution in [2.75, 3.05) is 20.8 Å². The summed E-state index contributed by atoms with van der Waals surface area (Å²) in [6.07, 6.45) is 1.56. The molecule has 2 aliphatic heterocycles. The number of aromatic hydroxyl groups is 2. The van der Waals surface area contributed by atoms with Crippen LogP contribution in [0.1, 0.15) is 28.3 Å². The van der Waals surface area contributed by atoms with E-state index in [1.807, 2.05) is 6.07 Å². The van der Waals surface area contributed by atoms with Crippen molar-refractivity contribution in [3.8, 4) is 23.0 Å². The second-order valence-corrected chi connectivity index (χ2v) is 6.94. The van der Waals surface area contributed by atoms with Gasteiger partial charge in [0.05, 0.1) is 14.2 Å². The third-order valence-electron chi connectivity index (χ3n) is 5.32. The molecule has 2 aromatic rings. The van der Waals surface area contributed by atoms with E-state index in [1.54, 1.807) is 19.2 Å². The minimum absolute atomic E-state index is 0.123. The average Bonchev–Trinajstić information content (AvgIpc) is 2.63. The maximum atomic E-state index is 10.5. The van der Waals surface area contributed by atoms with Gasteiger partial charge in [0.2, 0.25) is 0 Å². The second-order valence-electron chi connectivity index (χ2n) is 6.53. The molecule has 0 fully saturated rings. The molecule has 0 bridgehead atoms. The summed E-state index contributed by atoms with van der Waals surface area (Å²) in [4.78, 5) is 2.31. The van der Waals surface area contributed by atoms with Gasteiger partial charge in [0.15, 0.2) is 23.0 Å². The van der Waals surface area contributed by atoms with Crippen molar-refractivity contribution in [2.45, 2.75) is 25.4 Å². The highest BCUT2D eigenvalue weighted by molar-refractivity contribution is 6.31. The Morgan fingerprint density at radius 1 is 1.08 bits per heavy atom. The van der Waals surface area contributed by atoms with E-state index >= 15 is 0 Å². The Hall–Kier alpha value is -2.11. The van der Waals surface area contributed by atoms with E-state index in [2.05, 4.69) is 4.90 Å². The molecule has 4 rings (SSSR count). The number of benzene rings is 2. The Morgan fingerprint density at radius 2 is 1.84 bits per heavy atom. The lowest BCUT2D eigenvalue weighted by atomic mass is 9.83. The molecule has 1 atom stereocenters. The number of rotatable bonds is 2. The van der Waals surface area contributed by atoms with Crippen molar-refractivity contribution in [1.29, 1.82) is 0 Å². The van der Waals surface area contributed by atoms with Crippen molar-refractivity contribution in [1.82, 2.24) is 4.90 Å². The molecular formula is C19H20ClNO4. The minimum Gasteiger partial charge on any atom is -0.504 e. The lowest BCUT2D eigenvalue weighted by molar-refractivity contribution is 0.157. The van der Waals surface area contributed by atoms with Gasteiger partial charge >= 0.3 is 0 Å². The van der Waals surface area contributed by atoms with Crippen LogP contribution in [-0.2, 0) is 19.4 Å². The van der Waals surface area contributed by atoms with Crippen LogP contribution < -0.4 is 9.47 Å². The predicted octanol–water partition coefficient (Wildman–Crippen LogP) is 3.42. The van der Waals surface area contributed by atoms with Crippen LogP contribution in [0.5, 0.6) is 23.0 Å². The molecule has 0 aromatic heterocycles. The third-order valence-corrected chi connectivity index (χ3v) is 5.65. The van der Waals surface area contributed by atoms with Crippen molar-refractivity contribution in [3.63, 3.8) is 0 Å². The first-order valence-electron chi connectivity index (χ1n) is 8.24. The van der Waals surface area contributed by atoms with E-state index in [0.717, 1.165) is 29.7 Å². The van der Waals surface area contributed by atoms with E-state index in [0.29, 0.717) is 29.5 Å². The molecule has 0 spiro atoms. The first-order chi connectivity index (χ1) is 12.0. The van der Waals surface area contributed by atoms with Gasteiger partial charge in [-0.25, -0.2) is 0 Å². The zero-order chi connectivity index (χ0) is 17.7. The fraction of sp³-hybridized carbons (Fsp3) is 0.368. The Balaban J connectivity index is 1.80. The van der Waals surface area contributed by atoms with E-state index in [-0.39, 0.29) is 17.5 Å². The molecule has 0 amide bonds. The van der Waals surface area contributed by atoms with Crippen LogP contribution in [-0.4, -0.2) is 35.9 Å². The average molecular weight is 362 g/mol. The summed E-state index contributed by atoms with van der Waals surface area (Å²) in [6, 6.07) is 5.51. The van der Waals surface area contributed by atoms with E-state index in [4.69, 9.17) is 21.1 Å². The normalized spacial score (nSPS) is 18.9. The number of ether oxygens (including phenoxy) is 2. The second kappa shape index (κ2) is 6.00. The molecule has 0 aliphatic carbocycles. The number of phenols is 2. The van der Waals surface area contributed by atoms with Crippen LogP contribution in [0, 0.1) is 0 Å². The van der Waals surface area contributed by atoms with Gasteiger partial charge in [0.25, 0.3) is 0 Å². The maximum Gasteiger partial charge on any atom is 0.162 e. The van der Waals surface area contributed by atoms with Gasteiger partial charge in [-0.15, -0.1) is 0 Å². The first kappa shape index (κ1) is 16.4. The van der Waals surface area contributed by atoms with Gasteiger partial charge in [0, 0.05) is 35.8 Å². The zero-order valence-electron chi connectivity index (χ0n) is 14.2. The fourth-order valence-electron chi connectivity index (χ4n) is 4.01. The van der Waals surface area contributed by atoms with Crippen LogP contribution in [0.2, 0.25) is 5.02 Å². The summed E-state index contributed by atoms with van der Waals surface area (Å²) in [6.45, 7) is 1.48. The quantitative estimate of drug-likeness (QED) is 0.858. The third kappa shape index (κ3) is 2.50. The van der Waals surface area contributed by atoms with Crippen LogP contribution in [0.3, 0.4) is 0 Å². The monoisotopic (exact) mass is 361 g/mol. The van der Waals surface area contributed by atoms with Crippen LogP contribution in [0.15, 0.2) is 18.2 Å². The largest absolute Gasteiger partial charge is 0.504 e. The molecule has 0 unspecified atom stereocenters. The summed E-state index contributed by atoms with van der Waals surface area (Å²) < 4.78 is 10.5. The van der Waals surface area contributed by atoms with E-state index in [9.17, 15) is 10.2 Å². The zero-order valence-corrected chi connectivity index (χ0v) is 14.9. The Morgan fingerprint density at radius 3 is 2.56 bits per heavy atom. The van der Waals surface area contributed by atoms with Crippen LogP contribution >= 0.6 is 11.6 Å². The molecule has 5 nitrogen and oxygen atoms in total. The number of halogens is 1. The van der Waals surface area contributed by atoms with Gasteiger partial charge in [-0.05, 0) is 41.7 Å². The van der Waals surface area contributed by atoms with Crippen LogP contribution in [0.25, 0.3) is 0 Å². The maximum absolute atomic E-state index is 10.5.